The van der Waals surface area contributed by atoms with Crippen LogP contribution in [0.15, 0.2) is 12.1 Å². The van der Waals surface area contributed by atoms with E-state index in [2.05, 4.69) is 0 Å². The van der Waals surface area contributed by atoms with Gasteiger partial charge in [-0.2, -0.15) is 0 Å². The zero-order valence-corrected chi connectivity index (χ0v) is 6.22. The third-order valence-electron chi connectivity index (χ3n) is 1.19. The summed E-state index contributed by atoms with van der Waals surface area (Å²) < 4.78 is 0.631. The minimum Gasteiger partial charge on any atom is -0.710 e. The van der Waals surface area contributed by atoms with Crippen LogP contribution in [0.5, 0.6) is 0 Å². The van der Waals surface area contributed by atoms with E-state index >= 15 is 0 Å². The predicted octanol–water partition coefficient (Wildman–Crippen LogP) is 0.864. The van der Waals surface area contributed by atoms with Gasteiger partial charge in [-0.1, -0.05) is 11.6 Å². The largest absolute Gasteiger partial charge is 0.710 e. The number of anilines is 1. The van der Waals surface area contributed by atoms with Crippen LogP contribution in [-0.4, -0.2) is 0 Å². The summed E-state index contributed by atoms with van der Waals surface area (Å²) in [6.45, 7) is 1.65. The quantitative estimate of drug-likeness (QED) is 0.450. The van der Waals surface area contributed by atoms with Crippen molar-refractivity contribution < 1.29 is 4.73 Å². The minimum absolute atomic E-state index is 0.130. The summed E-state index contributed by atoms with van der Waals surface area (Å²) in [5.74, 6) is 0.130. The Morgan fingerprint density at radius 3 is 2.70 bits per heavy atom. The maximum Gasteiger partial charge on any atom is 0.277 e. The number of nitrogens with zero attached hydrogens (tertiary/aromatic N) is 1. The predicted molar refractivity (Wildman–Crippen MR) is 39.6 cm³/mol. The summed E-state index contributed by atoms with van der Waals surface area (Å²) in [6, 6.07) is 2.98. The van der Waals surface area contributed by atoms with Crippen LogP contribution in [0.1, 0.15) is 5.69 Å². The van der Waals surface area contributed by atoms with Crippen LogP contribution in [0.25, 0.3) is 0 Å². The number of hydrogen-bond donors (Lipinski definition) is 1. The number of hydrogen-bond acceptors (Lipinski definition) is 2. The first kappa shape index (κ1) is 7.15. The van der Waals surface area contributed by atoms with Crippen molar-refractivity contribution in [3.05, 3.63) is 28.1 Å². The van der Waals surface area contributed by atoms with Crippen LogP contribution in [-0.2, 0) is 0 Å². The molecule has 0 unspecified atom stereocenters. The van der Waals surface area contributed by atoms with Gasteiger partial charge >= 0.3 is 0 Å². The van der Waals surface area contributed by atoms with E-state index in [0.717, 1.165) is 0 Å². The smallest absolute Gasteiger partial charge is 0.277 e. The van der Waals surface area contributed by atoms with Gasteiger partial charge in [0, 0.05) is 6.07 Å². The molecule has 0 aliphatic heterocycles. The van der Waals surface area contributed by atoms with Crippen LogP contribution in [0.2, 0.25) is 5.02 Å². The summed E-state index contributed by atoms with van der Waals surface area (Å²) in [4.78, 5) is 0. The molecule has 1 aromatic heterocycles. The van der Waals surface area contributed by atoms with Gasteiger partial charge in [-0.15, -0.1) is 0 Å². The molecule has 0 saturated carbocycles. The first-order chi connectivity index (χ1) is 4.61. The highest BCUT2D eigenvalue weighted by atomic mass is 35.5. The van der Waals surface area contributed by atoms with Crippen LogP contribution < -0.4 is 10.5 Å². The molecule has 54 valence electrons. The lowest BCUT2D eigenvalue weighted by atomic mass is 10.4. The maximum atomic E-state index is 10.9. The fourth-order valence-corrected chi connectivity index (χ4v) is 0.973. The van der Waals surface area contributed by atoms with Crippen molar-refractivity contribution in [2.45, 2.75) is 6.92 Å². The molecule has 1 rings (SSSR count). The lowest BCUT2D eigenvalue weighted by Crippen LogP contribution is -2.33. The Labute approximate surface area is 63.6 Å². The third-order valence-corrected chi connectivity index (χ3v) is 1.41. The van der Waals surface area contributed by atoms with Crippen molar-refractivity contribution in [3.63, 3.8) is 0 Å². The zero-order chi connectivity index (χ0) is 7.72. The van der Waals surface area contributed by atoms with Gasteiger partial charge in [0.15, 0.2) is 0 Å². The molecule has 0 atom stereocenters. The third kappa shape index (κ3) is 1.14. The van der Waals surface area contributed by atoms with E-state index in [1.807, 2.05) is 0 Å². The lowest BCUT2D eigenvalue weighted by molar-refractivity contribution is -0.596. The Hall–Kier alpha value is -0.960. The van der Waals surface area contributed by atoms with Crippen LogP contribution in [0.4, 0.5) is 5.82 Å². The van der Waals surface area contributed by atoms with E-state index in [4.69, 9.17) is 17.3 Å². The van der Waals surface area contributed by atoms with E-state index in [1.165, 1.54) is 6.07 Å². The average molecular weight is 159 g/mol. The summed E-state index contributed by atoms with van der Waals surface area (Å²) in [6.07, 6.45) is 0. The number of pyridine rings is 1. The standard InChI is InChI=1S/C6H7ClN2O/c1-4-2-5(7)3-6(8)9(4)10/h2-3H,8H2,1H3. The molecule has 4 heteroatoms. The maximum absolute atomic E-state index is 10.9. The molecule has 0 aliphatic rings. The van der Waals surface area contributed by atoms with Gasteiger partial charge in [-0.05, 0) is 13.0 Å². The number of aromatic nitrogens is 1. The van der Waals surface area contributed by atoms with Gasteiger partial charge in [0.2, 0.25) is 0 Å². The molecule has 0 fully saturated rings. The SMILES string of the molecule is Cc1cc(Cl)cc(N)[n+]1[O-]. The van der Waals surface area contributed by atoms with Crippen LogP contribution in [0.3, 0.4) is 0 Å². The molecule has 1 heterocycles. The number of aryl methyl sites for hydroxylation is 1. The molecule has 0 aromatic carbocycles. The first-order valence-electron chi connectivity index (χ1n) is 2.76. The van der Waals surface area contributed by atoms with Gasteiger partial charge in [0.25, 0.3) is 5.82 Å². The highest BCUT2D eigenvalue weighted by Gasteiger charge is 2.01. The molecule has 0 radical (unpaired) electrons. The van der Waals surface area contributed by atoms with Gasteiger partial charge < -0.3 is 5.21 Å². The molecule has 0 spiro atoms. The molecular formula is C6H7ClN2O. The number of nitrogens with two attached hydrogens (primary N) is 1. The number of rotatable bonds is 0. The Balaban J connectivity index is 3.31. The molecule has 0 saturated heterocycles. The number of nitrogen functional groups attached to an aromatic ring is 1. The first-order valence-corrected chi connectivity index (χ1v) is 3.14. The second-order valence-corrected chi connectivity index (χ2v) is 2.47. The van der Waals surface area contributed by atoms with Crippen molar-refractivity contribution in [2.75, 3.05) is 5.73 Å². The van der Waals surface area contributed by atoms with Crippen molar-refractivity contribution in [1.82, 2.24) is 0 Å². The van der Waals surface area contributed by atoms with Crippen molar-refractivity contribution in [3.8, 4) is 0 Å². The Morgan fingerprint density at radius 2 is 2.20 bits per heavy atom. The van der Waals surface area contributed by atoms with E-state index in [9.17, 15) is 5.21 Å². The zero-order valence-electron chi connectivity index (χ0n) is 5.47. The van der Waals surface area contributed by atoms with Gasteiger partial charge in [-0.25, -0.2) is 4.73 Å². The Morgan fingerprint density at radius 1 is 1.60 bits per heavy atom. The fraction of sp³-hybridized carbons (Fsp3) is 0.167. The van der Waals surface area contributed by atoms with E-state index < -0.39 is 0 Å². The summed E-state index contributed by atoms with van der Waals surface area (Å²) in [5, 5.41) is 11.3. The lowest BCUT2D eigenvalue weighted by Gasteiger charge is -2.07. The Bertz CT molecular complexity index is 239. The van der Waals surface area contributed by atoms with Gasteiger partial charge in [-0.3, -0.25) is 5.73 Å². The molecular weight excluding hydrogens is 152 g/mol. The van der Waals surface area contributed by atoms with Crippen LogP contribution in [0, 0.1) is 12.1 Å². The highest BCUT2D eigenvalue weighted by molar-refractivity contribution is 6.30. The minimum atomic E-state index is 0.130. The molecule has 1 aromatic rings. The van der Waals surface area contributed by atoms with Crippen molar-refractivity contribution >= 4 is 17.4 Å². The van der Waals surface area contributed by atoms with E-state index in [-0.39, 0.29) is 5.82 Å². The summed E-state index contributed by atoms with van der Waals surface area (Å²) in [5.41, 5.74) is 5.79. The molecule has 0 aliphatic carbocycles. The van der Waals surface area contributed by atoms with E-state index in [1.54, 1.807) is 13.0 Å². The molecule has 10 heavy (non-hydrogen) atoms. The van der Waals surface area contributed by atoms with Crippen molar-refractivity contribution in [2.24, 2.45) is 0 Å². The summed E-state index contributed by atoms with van der Waals surface area (Å²) in [7, 11) is 0. The highest BCUT2D eigenvalue weighted by Crippen LogP contribution is 2.09. The summed E-state index contributed by atoms with van der Waals surface area (Å²) >= 11 is 5.59. The second kappa shape index (κ2) is 2.34. The monoisotopic (exact) mass is 158 g/mol. The molecule has 0 amide bonds. The molecule has 3 nitrogen and oxygen atoms in total. The topological polar surface area (TPSA) is 53.0 Å². The average Bonchev–Trinajstić information content (AvgIpc) is 1.82. The van der Waals surface area contributed by atoms with Crippen LogP contribution >= 0.6 is 11.6 Å². The van der Waals surface area contributed by atoms with Gasteiger partial charge in [0.1, 0.15) is 5.69 Å². The van der Waals surface area contributed by atoms with E-state index in [0.29, 0.717) is 15.4 Å². The Kier molecular flexibility index (Phi) is 1.68. The van der Waals surface area contributed by atoms with Gasteiger partial charge in [0.05, 0.1) is 5.02 Å². The van der Waals surface area contributed by atoms with Crippen molar-refractivity contribution in [1.29, 1.82) is 0 Å². The molecule has 0 bridgehead atoms. The number of halogens is 1. The normalized spacial score (nSPS) is 9.80. The fourth-order valence-electron chi connectivity index (χ4n) is 0.703. The second-order valence-electron chi connectivity index (χ2n) is 2.03. The molecule has 2 N–H and O–H groups in total.